The monoisotopic (exact) mass is 272 g/mol. The third-order valence-electron chi connectivity index (χ3n) is 3.41. The van der Waals surface area contributed by atoms with E-state index in [2.05, 4.69) is 31.4 Å². The van der Waals surface area contributed by atoms with Gasteiger partial charge in [0.25, 0.3) is 0 Å². The van der Waals surface area contributed by atoms with Crippen molar-refractivity contribution in [2.24, 2.45) is 0 Å². The van der Waals surface area contributed by atoms with Gasteiger partial charge < -0.3 is 5.32 Å². The van der Waals surface area contributed by atoms with Crippen molar-refractivity contribution in [1.29, 1.82) is 0 Å². The fraction of sp³-hybridized carbons (Fsp3) is 0.333. The van der Waals surface area contributed by atoms with Crippen molar-refractivity contribution >= 4 is 27.4 Å². The van der Waals surface area contributed by atoms with Crippen LogP contribution in [-0.4, -0.2) is 30.8 Å². The first-order valence-corrected chi connectivity index (χ1v) is 7.09. The number of hydrogen-bond donors (Lipinski definition) is 1. The Morgan fingerprint density at radius 2 is 2.26 bits per heavy atom. The van der Waals surface area contributed by atoms with E-state index in [9.17, 15) is 0 Å². The van der Waals surface area contributed by atoms with E-state index in [1.54, 1.807) is 24.0 Å². The summed E-state index contributed by atoms with van der Waals surface area (Å²) in [6.07, 6.45) is 5.24. The Bertz CT molecular complexity index is 718. The van der Waals surface area contributed by atoms with Gasteiger partial charge in [0.05, 0.1) is 11.9 Å². The summed E-state index contributed by atoms with van der Waals surface area (Å²) in [6, 6.07) is 2.40. The molecule has 7 heteroatoms. The van der Waals surface area contributed by atoms with Crippen molar-refractivity contribution in [1.82, 2.24) is 24.7 Å². The van der Waals surface area contributed by atoms with Crippen molar-refractivity contribution in [3.8, 4) is 0 Å². The Hall–Kier alpha value is -2.02. The van der Waals surface area contributed by atoms with Gasteiger partial charge in [-0.2, -0.15) is 5.10 Å². The molecule has 3 aromatic rings. The lowest BCUT2D eigenvalue weighted by molar-refractivity contribution is 0.441. The molecule has 6 nitrogen and oxygen atoms in total. The van der Waals surface area contributed by atoms with E-state index in [1.807, 2.05) is 10.1 Å². The Kier molecular flexibility index (Phi) is 2.44. The number of fused-ring (bicyclic) bond motifs is 2. The number of aryl methyl sites for hydroxylation is 1. The Labute approximate surface area is 113 Å². The molecule has 0 saturated carbocycles. The third kappa shape index (κ3) is 1.86. The minimum Gasteiger partial charge on any atom is -0.365 e. The largest absolute Gasteiger partial charge is 0.365 e. The lowest BCUT2D eigenvalue weighted by Crippen LogP contribution is -2.32. The number of anilines is 1. The standard InChI is InChI=1S/C12H12N6S/c1-2-10-13-7-16-18(10)5-8(1)17-11-9-3-4-19-12(9)15-6-14-11/h3-4,6-8H,1-2,5H2,(H,14,15,17)/t8-/m1/s1. The summed E-state index contributed by atoms with van der Waals surface area (Å²) in [6.45, 7) is 0.838. The van der Waals surface area contributed by atoms with Crippen LogP contribution in [-0.2, 0) is 13.0 Å². The molecule has 1 aliphatic rings. The Balaban J connectivity index is 1.61. The first kappa shape index (κ1) is 10.9. The van der Waals surface area contributed by atoms with Crippen molar-refractivity contribution in [2.75, 3.05) is 5.32 Å². The topological polar surface area (TPSA) is 68.5 Å². The molecule has 1 aliphatic heterocycles. The van der Waals surface area contributed by atoms with E-state index < -0.39 is 0 Å². The second-order valence-corrected chi connectivity index (χ2v) is 5.49. The summed E-state index contributed by atoms with van der Waals surface area (Å²) >= 11 is 1.63. The zero-order valence-corrected chi connectivity index (χ0v) is 11.0. The molecule has 0 spiro atoms. The maximum absolute atomic E-state index is 4.36. The predicted molar refractivity (Wildman–Crippen MR) is 73.2 cm³/mol. The van der Waals surface area contributed by atoms with E-state index >= 15 is 0 Å². The van der Waals surface area contributed by atoms with Crippen LogP contribution in [0.25, 0.3) is 10.2 Å². The molecule has 19 heavy (non-hydrogen) atoms. The molecule has 0 unspecified atom stereocenters. The van der Waals surface area contributed by atoms with Crippen molar-refractivity contribution in [2.45, 2.75) is 25.4 Å². The van der Waals surface area contributed by atoms with E-state index in [1.165, 1.54) is 0 Å². The highest BCUT2D eigenvalue weighted by molar-refractivity contribution is 7.16. The van der Waals surface area contributed by atoms with E-state index in [0.717, 1.165) is 41.2 Å². The van der Waals surface area contributed by atoms with Crippen LogP contribution in [0.15, 0.2) is 24.1 Å². The average molecular weight is 272 g/mol. The summed E-state index contributed by atoms with van der Waals surface area (Å²) in [5.41, 5.74) is 0. The second-order valence-electron chi connectivity index (χ2n) is 4.60. The quantitative estimate of drug-likeness (QED) is 0.769. The highest BCUT2D eigenvalue weighted by Crippen LogP contribution is 2.25. The molecule has 0 radical (unpaired) electrons. The van der Waals surface area contributed by atoms with Crippen LogP contribution in [0.5, 0.6) is 0 Å². The number of hydrogen-bond acceptors (Lipinski definition) is 6. The number of nitrogens with one attached hydrogen (secondary N) is 1. The van der Waals surface area contributed by atoms with Gasteiger partial charge in [-0.3, -0.25) is 0 Å². The van der Waals surface area contributed by atoms with Gasteiger partial charge in [-0.1, -0.05) is 0 Å². The van der Waals surface area contributed by atoms with Gasteiger partial charge in [0.1, 0.15) is 29.1 Å². The molecule has 0 aromatic carbocycles. The molecular weight excluding hydrogens is 260 g/mol. The van der Waals surface area contributed by atoms with Crippen LogP contribution in [0.4, 0.5) is 5.82 Å². The Morgan fingerprint density at radius 1 is 1.26 bits per heavy atom. The zero-order chi connectivity index (χ0) is 12.7. The van der Waals surface area contributed by atoms with Gasteiger partial charge in [0.15, 0.2) is 0 Å². The fourth-order valence-corrected chi connectivity index (χ4v) is 3.19. The molecule has 4 heterocycles. The lowest BCUT2D eigenvalue weighted by Gasteiger charge is -2.24. The van der Waals surface area contributed by atoms with Crippen molar-refractivity contribution in [3.63, 3.8) is 0 Å². The van der Waals surface area contributed by atoms with Crippen LogP contribution in [0.2, 0.25) is 0 Å². The summed E-state index contributed by atoms with van der Waals surface area (Å²) < 4.78 is 1.97. The van der Waals surface area contributed by atoms with Gasteiger partial charge in [-0.15, -0.1) is 11.3 Å². The van der Waals surface area contributed by atoms with Gasteiger partial charge in [0.2, 0.25) is 0 Å². The molecule has 0 bridgehead atoms. The summed E-state index contributed by atoms with van der Waals surface area (Å²) in [5.74, 6) is 1.99. The minimum atomic E-state index is 0.340. The molecule has 96 valence electrons. The maximum Gasteiger partial charge on any atom is 0.138 e. The number of thiophene rings is 1. The maximum atomic E-state index is 4.36. The minimum absolute atomic E-state index is 0.340. The summed E-state index contributed by atoms with van der Waals surface area (Å²) in [5, 5.41) is 10.9. The first-order valence-electron chi connectivity index (χ1n) is 6.21. The highest BCUT2D eigenvalue weighted by atomic mass is 32.1. The second kappa shape index (κ2) is 4.27. The summed E-state index contributed by atoms with van der Waals surface area (Å²) in [4.78, 5) is 13.9. The molecule has 3 aromatic heterocycles. The lowest BCUT2D eigenvalue weighted by atomic mass is 10.1. The number of rotatable bonds is 2. The van der Waals surface area contributed by atoms with E-state index in [-0.39, 0.29) is 0 Å². The van der Waals surface area contributed by atoms with Crippen molar-refractivity contribution < 1.29 is 0 Å². The van der Waals surface area contributed by atoms with Gasteiger partial charge >= 0.3 is 0 Å². The van der Waals surface area contributed by atoms with Crippen LogP contribution in [0.3, 0.4) is 0 Å². The highest BCUT2D eigenvalue weighted by Gasteiger charge is 2.20. The SMILES string of the molecule is c1nc(N[C@@H]2CCc3ncnn3C2)c2ccsc2n1. The van der Waals surface area contributed by atoms with Gasteiger partial charge in [-0.05, 0) is 17.9 Å². The van der Waals surface area contributed by atoms with E-state index in [4.69, 9.17) is 0 Å². The van der Waals surface area contributed by atoms with Crippen LogP contribution >= 0.6 is 11.3 Å². The van der Waals surface area contributed by atoms with Crippen molar-refractivity contribution in [3.05, 3.63) is 29.9 Å². The van der Waals surface area contributed by atoms with E-state index in [0.29, 0.717) is 6.04 Å². The summed E-state index contributed by atoms with van der Waals surface area (Å²) in [7, 11) is 0. The first-order chi connectivity index (χ1) is 9.40. The molecular formula is C12H12N6S. The van der Waals surface area contributed by atoms with Crippen LogP contribution < -0.4 is 5.32 Å². The molecule has 0 amide bonds. The Morgan fingerprint density at radius 3 is 3.26 bits per heavy atom. The van der Waals surface area contributed by atoms with Gasteiger partial charge in [0, 0.05) is 12.5 Å². The number of nitrogens with zero attached hydrogens (tertiary/aromatic N) is 5. The normalized spacial score (nSPS) is 18.4. The third-order valence-corrected chi connectivity index (χ3v) is 4.23. The van der Waals surface area contributed by atoms with Gasteiger partial charge in [-0.25, -0.2) is 19.6 Å². The smallest absolute Gasteiger partial charge is 0.138 e. The molecule has 0 fully saturated rings. The van der Waals surface area contributed by atoms with Crippen LogP contribution in [0, 0.1) is 0 Å². The average Bonchev–Trinajstić information content (AvgIpc) is 3.06. The molecule has 4 rings (SSSR count). The predicted octanol–water partition coefficient (Wildman–Crippen LogP) is 1.71. The molecule has 0 saturated heterocycles. The zero-order valence-electron chi connectivity index (χ0n) is 10.2. The van der Waals surface area contributed by atoms with Crippen LogP contribution in [0.1, 0.15) is 12.2 Å². The molecule has 0 aliphatic carbocycles. The fourth-order valence-electron chi connectivity index (χ4n) is 2.45. The number of aromatic nitrogens is 5. The molecule has 1 atom stereocenters. The molecule has 1 N–H and O–H groups in total.